The Kier molecular flexibility index (Phi) is 5.75. The number of aryl methyl sites for hydroxylation is 3. The molecule has 0 saturated heterocycles. The summed E-state index contributed by atoms with van der Waals surface area (Å²) in [5, 5.41) is 17.2. The van der Waals surface area contributed by atoms with Gasteiger partial charge in [-0.25, -0.2) is 4.68 Å². The van der Waals surface area contributed by atoms with Gasteiger partial charge >= 0.3 is 0 Å². The zero-order valence-corrected chi connectivity index (χ0v) is 12.7. The summed E-state index contributed by atoms with van der Waals surface area (Å²) in [5.74, 6) is 0.911. The van der Waals surface area contributed by atoms with Crippen LogP contribution < -0.4 is 4.74 Å². The van der Waals surface area contributed by atoms with E-state index >= 15 is 0 Å². The Morgan fingerprint density at radius 1 is 1.24 bits per heavy atom. The highest BCUT2D eigenvalue weighted by Gasteiger charge is 2.07. The average molecular weight is 289 g/mol. The van der Waals surface area contributed by atoms with Gasteiger partial charge in [0.2, 0.25) is 0 Å². The Bertz CT molecular complexity index is 566. The van der Waals surface area contributed by atoms with Crippen LogP contribution in [0.25, 0.3) is 0 Å². The van der Waals surface area contributed by atoms with Crippen molar-refractivity contribution in [1.82, 2.24) is 15.0 Å². The van der Waals surface area contributed by atoms with E-state index in [1.165, 1.54) is 5.56 Å². The number of rotatable bonds is 8. The summed E-state index contributed by atoms with van der Waals surface area (Å²) in [6, 6.07) is 8.06. The first-order chi connectivity index (χ1) is 10.2. The van der Waals surface area contributed by atoms with Crippen LogP contribution in [0.2, 0.25) is 0 Å². The van der Waals surface area contributed by atoms with Crippen molar-refractivity contribution < 1.29 is 9.84 Å². The van der Waals surface area contributed by atoms with Crippen LogP contribution in [0.15, 0.2) is 24.3 Å². The molecule has 2 rings (SSSR count). The molecule has 0 aliphatic carbocycles. The first-order valence-corrected chi connectivity index (χ1v) is 7.40. The number of aliphatic hydroxyl groups excluding tert-OH is 1. The molecule has 0 bridgehead atoms. The van der Waals surface area contributed by atoms with Gasteiger partial charge in [-0.15, -0.1) is 5.10 Å². The van der Waals surface area contributed by atoms with Gasteiger partial charge in [0, 0.05) is 19.6 Å². The van der Waals surface area contributed by atoms with E-state index in [0.717, 1.165) is 42.9 Å². The Labute approximate surface area is 125 Å². The quantitative estimate of drug-likeness (QED) is 0.757. The average Bonchev–Trinajstić information content (AvgIpc) is 2.82. The predicted molar refractivity (Wildman–Crippen MR) is 81.5 cm³/mol. The van der Waals surface area contributed by atoms with Gasteiger partial charge in [-0.05, 0) is 44.4 Å². The van der Waals surface area contributed by atoms with Gasteiger partial charge in [0.25, 0.3) is 0 Å². The van der Waals surface area contributed by atoms with Gasteiger partial charge in [0.05, 0.1) is 18.0 Å². The number of aliphatic hydroxyl groups is 1. The molecule has 0 fully saturated rings. The molecule has 0 amide bonds. The molecule has 1 heterocycles. The number of hydrogen-bond donors (Lipinski definition) is 1. The Balaban J connectivity index is 1.77. The summed E-state index contributed by atoms with van der Waals surface area (Å²) in [6.45, 7) is 5.72. The SMILES string of the molecule is Cc1cccc(OCCCn2nnc(CCCO)c2C)c1. The number of hydrogen-bond acceptors (Lipinski definition) is 4. The molecule has 0 aliphatic heterocycles. The zero-order valence-electron chi connectivity index (χ0n) is 12.7. The molecule has 21 heavy (non-hydrogen) atoms. The second-order valence-corrected chi connectivity index (χ2v) is 5.19. The molecule has 0 saturated carbocycles. The van der Waals surface area contributed by atoms with E-state index in [-0.39, 0.29) is 6.61 Å². The maximum Gasteiger partial charge on any atom is 0.119 e. The smallest absolute Gasteiger partial charge is 0.119 e. The molecular weight excluding hydrogens is 266 g/mol. The summed E-state index contributed by atoms with van der Waals surface area (Å²) in [6.07, 6.45) is 2.40. The van der Waals surface area contributed by atoms with E-state index in [0.29, 0.717) is 6.61 Å². The fraction of sp³-hybridized carbons (Fsp3) is 0.500. The van der Waals surface area contributed by atoms with Crippen LogP contribution in [0.5, 0.6) is 5.75 Å². The molecule has 0 unspecified atom stereocenters. The molecular formula is C16H23N3O2. The topological polar surface area (TPSA) is 60.2 Å². The van der Waals surface area contributed by atoms with Crippen molar-refractivity contribution in [3.8, 4) is 5.75 Å². The zero-order chi connectivity index (χ0) is 15.1. The van der Waals surface area contributed by atoms with Gasteiger partial charge in [0.15, 0.2) is 0 Å². The fourth-order valence-electron chi connectivity index (χ4n) is 2.20. The predicted octanol–water partition coefficient (Wildman–Crippen LogP) is 2.29. The standard InChI is InChI=1S/C16H23N3O2/c1-13-6-3-7-15(12-13)21-11-5-9-19-14(2)16(17-18-19)8-4-10-20/h3,6-7,12,20H,4-5,8-11H2,1-2H3. The highest BCUT2D eigenvalue weighted by atomic mass is 16.5. The van der Waals surface area contributed by atoms with Gasteiger partial charge in [-0.2, -0.15) is 0 Å². The molecule has 0 radical (unpaired) electrons. The molecule has 0 aliphatic rings. The summed E-state index contributed by atoms with van der Waals surface area (Å²) >= 11 is 0. The second kappa shape index (κ2) is 7.78. The summed E-state index contributed by atoms with van der Waals surface area (Å²) < 4.78 is 7.63. The lowest BCUT2D eigenvalue weighted by atomic mass is 10.2. The molecule has 1 aromatic heterocycles. The van der Waals surface area contributed by atoms with Gasteiger partial charge < -0.3 is 9.84 Å². The maximum absolute atomic E-state index is 8.85. The first kappa shape index (κ1) is 15.5. The van der Waals surface area contributed by atoms with Crippen molar-refractivity contribution in [3.63, 3.8) is 0 Å². The molecule has 0 spiro atoms. The molecule has 2 aromatic rings. The molecule has 0 atom stereocenters. The van der Waals surface area contributed by atoms with Gasteiger partial charge in [0.1, 0.15) is 5.75 Å². The van der Waals surface area contributed by atoms with Crippen LogP contribution >= 0.6 is 0 Å². The van der Waals surface area contributed by atoms with Crippen molar-refractivity contribution in [1.29, 1.82) is 0 Å². The third-order valence-corrected chi connectivity index (χ3v) is 3.42. The largest absolute Gasteiger partial charge is 0.494 e. The third-order valence-electron chi connectivity index (χ3n) is 3.42. The van der Waals surface area contributed by atoms with E-state index < -0.39 is 0 Å². The highest BCUT2D eigenvalue weighted by molar-refractivity contribution is 5.27. The molecule has 1 N–H and O–H groups in total. The van der Waals surface area contributed by atoms with E-state index in [9.17, 15) is 0 Å². The van der Waals surface area contributed by atoms with E-state index in [2.05, 4.69) is 23.3 Å². The van der Waals surface area contributed by atoms with E-state index in [4.69, 9.17) is 9.84 Å². The minimum atomic E-state index is 0.191. The molecule has 5 heteroatoms. The molecule has 5 nitrogen and oxygen atoms in total. The fourth-order valence-corrected chi connectivity index (χ4v) is 2.20. The van der Waals surface area contributed by atoms with Crippen LogP contribution in [-0.2, 0) is 13.0 Å². The Morgan fingerprint density at radius 3 is 2.86 bits per heavy atom. The van der Waals surface area contributed by atoms with E-state index in [1.807, 2.05) is 29.8 Å². The van der Waals surface area contributed by atoms with Crippen LogP contribution in [-0.4, -0.2) is 33.3 Å². The van der Waals surface area contributed by atoms with Crippen LogP contribution in [0.1, 0.15) is 29.8 Å². The van der Waals surface area contributed by atoms with Crippen molar-refractivity contribution in [2.24, 2.45) is 0 Å². The maximum atomic E-state index is 8.85. The monoisotopic (exact) mass is 289 g/mol. The summed E-state index contributed by atoms with van der Waals surface area (Å²) in [5.41, 5.74) is 3.26. The minimum Gasteiger partial charge on any atom is -0.494 e. The molecule has 114 valence electrons. The van der Waals surface area contributed by atoms with Crippen molar-refractivity contribution >= 4 is 0 Å². The van der Waals surface area contributed by atoms with Gasteiger partial charge in [-0.1, -0.05) is 17.3 Å². The molecule has 1 aromatic carbocycles. The summed E-state index contributed by atoms with van der Waals surface area (Å²) in [7, 11) is 0. The third kappa shape index (κ3) is 4.56. The lowest BCUT2D eigenvalue weighted by Crippen LogP contribution is -2.07. The summed E-state index contributed by atoms with van der Waals surface area (Å²) in [4.78, 5) is 0. The minimum absolute atomic E-state index is 0.191. The van der Waals surface area contributed by atoms with Crippen molar-refractivity contribution in [2.75, 3.05) is 13.2 Å². The normalized spacial score (nSPS) is 10.8. The lowest BCUT2D eigenvalue weighted by molar-refractivity contribution is 0.288. The van der Waals surface area contributed by atoms with Crippen LogP contribution in [0.3, 0.4) is 0 Å². The van der Waals surface area contributed by atoms with Crippen molar-refractivity contribution in [3.05, 3.63) is 41.2 Å². The number of aromatic nitrogens is 3. The second-order valence-electron chi connectivity index (χ2n) is 5.19. The van der Waals surface area contributed by atoms with Crippen molar-refractivity contribution in [2.45, 2.75) is 39.7 Å². The lowest BCUT2D eigenvalue weighted by Gasteiger charge is -2.07. The number of benzene rings is 1. The van der Waals surface area contributed by atoms with Gasteiger partial charge in [-0.3, -0.25) is 0 Å². The number of ether oxygens (including phenoxy) is 1. The van der Waals surface area contributed by atoms with Crippen LogP contribution in [0, 0.1) is 13.8 Å². The van der Waals surface area contributed by atoms with Crippen LogP contribution in [0.4, 0.5) is 0 Å². The Hall–Kier alpha value is -1.88. The first-order valence-electron chi connectivity index (χ1n) is 7.40. The van der Waals surface area contributed by atoms with E-state index in [1.54, 1.807) is 0 Å². The Morgan fingerprint density at radius 2 is 2.10 bits per heavy atom. The number of nitrogens with zero attached hydrogens (tertiary/aromatic N) is 3. The highest BCUT2D eigenvalue weighted by Crippen LogP contribution is 2.13.